The van der Waals surface area contributed by atoms with Gasteiger partial charge in [0, 0.05) is 19.1 Å². The Hall–Kier alpha value is -0.170. The molecule has 18 heavy (non-hydrogen) atoms. The number of hydrogen-bond acceptors (Lipinski definition) is 3. The highest BCUT2D eigenvalue weighted by Crippen LogP contribution is 2.30. The monoisotopic (exact) mass is 275 g/mol. The van der Waals surface area contributed by atoms with Crippen molar-refractivity contribution in [3.05, 3.63) is 0 Å². The molecule has 0 amide bonds. The summed E-state index contributed by atoms with van der Waals surface area (Å²) in [7, 11) is -3.26. The van der Waals surface area contributed by atoms with Crippen molar-refractivity contribution in [2.24, 2.45) is 5.92 Å². The first-order chi connectivity index (χ1) is 8.65. The van der Waals surface area contributed by atoms with Gasteiger partial charge in [0.15, 0.2) is 0 Å². The summed E-state index contributed by atoms with van der Waals surface area (Å²) in [5.74, 6) is 0.534. The molecule has 2 saturated heterocycles. The van der Waals surface area contributed by atoms with Crippen LogP contribution in [0.2, 0.25) is 0 Å². The average molecular weight is 275 g/mol. The predicted octanol–water partition coefficient (Wildman–Crippen LogP) is 0.695. The maximum Gasteiger partial charge on any atom is 0.279 e. The summed E-state index contributed by atoms with van der Waals surface area (Å²) in [4.78, 5) is 0. The van der Waals surface area contributed by atoms with Gasteiger partial charge in [-0.1, -0.05) is 6.92 Å². The van der Waals surface area contributed by atoms with Gasteiger partial charge in [-0.05, 0) is 51.1 Å². The van der Waals surface area contributed by atoms with E-state index in [1.165, 1.54) is 0 Å². The van der Waals surface area contributed by atoms with Gasteiger partial charge in [-0.25, -0.2) is 4.72 Å². The van der Waals surface area contributed by atoms with E-state index in [4.69, 9.17) is 0 Å². The molecule has 1 atom stereocenters. The van der Waals surface area contributed by atoms with Gasteiger partial charge >= 0.3 is 0 Å². The van der Waals surface area contributed by atoms with Crippen molar-refractivity contribution >= 4 is 10.2 Å². The summed E-state index contributed by atoms with van der Waals surface area (Å²) in [5.41, 5.74) is 0. The van der Waals surface area contributed by atoms with Crippen molar-refractivity contribution in [2.45, 2.75) is 45.1 Å². The van der Waals surface area contributed by atoms with Crippen LogP contribution in [-0.4, -0.2) is 44.9 Å². The predicted molar refractivity (Wildman–Crippen MR) is 72.5 cm³/mol. The molecule has 2 aliphatic heterocycles. The topological polar surface area (TPSA) is 61.4 Å². The smallest absolute Gasteiger partial charge is 0.279 e. The molecular weight excluding hydrogens is 250 g/mol. The Morgan fingerprint density at radius 1 is 1.28 bits per heavy atom. The van der Waals surface area contributed by atoms with E-state index >= 15 is 0 Å². The second-order valence-corrected chi connectivity index (χ2v) is 7.01. The summed E-state index contributed by atoms with van der Waals surface area (Å²) in [6, 6.07) is 0.224. The van der Waals surface area contributed by atoms with Gasteiger partial charge in [0.1, 0.15) is 0 Å². The Balaban J connectivity index is 2.02. The van der Waals surface area contributed by atoms with Crippen molar-refractivity contribution < 1.29 is 8.42 Å². The van der Waals surface area contributed by atoms with E-state index in [-0.39, 0.29) is 6.04 Å². The highest BCUT2D eigenvalue weighted by Gasteiger charge is 2.38. The molecule has 2 fully saturated rings. The number of nitrogens with zero attached hydrogens (tertiary/aromatic N) is 1. The molecule has 0 saturated carbocycles. The fraction of sp³-hybridized carbons (Fsp3) is 1.00. The van der Waals surface area contributed by atoms with Crippen LogP contribution in [-0.2, 0) is 10.2 Å². The van der Waals surface area contributed by atoms with E-state index < -0.39 is 10.2 Å². The van der Waals surface area contributed by atoms with Crippen LogP contribution in [0.4, 0.5) is 0 Å². The molecule has 1 unspecified atom stereocenters. The molecule has 5 nitrogen and oxygen atoms in total. The quantitative estimate of drug-likeness (QED) is 0.776. The molecule has 0 aromatic rings. The van der Waals surface area contributed by atoms with Gasteiger partial charge in [0.05, 0.1) is 0 Å². The number of nitrogens with one attached hydrogen (secondary N) is 2. The van der Waals surface area contributed by atoms with Crippen molar-refractivity contribution in [1.29, 1.82) is 0 Å². The maximum atomic E-state index is 12.2. The lowest BCUT2D eigenvalue weighted by Gasteiger charge is -2.33. The van der Waals surface area contributed by atoms with Gasteiger partial charge in [0.2, 0.25) is 0 Å². The SMILES string of the molecule is CCCNS(=O)(=O)N1CCCC1C1CCNCC1. The molecule has 2 heterocycles. The largest absolute Gasteiger partial charge is 0.317 e. The Morgan fingerprint density at radius 3 is 2.67 bits per heavy atom. The molecule has 2 aliphatic rings. The van der Waals surface area contributed by atoms with E-state index in [0.29, 0.717) is 19.0 Å². The second-order valence-electron chi connectivity index (χ2n) is 5.31. The molecule has 0 radical (unpaired) electrons. The van der Waals surface area contributed by atoms with Crippen molar-refractivity contribution in [3.63, 3.8) is 0 Å². The molecule has 0 aliphatic carbocycles. The second kappa shape index (κ2) is 6.32. The van der Waals surface area contributed by atoms with Crippen LogP contribution in [0.1, 0.15) is 39.0 Å². The molecule has 6 heteroatoms. The first-order valence-electron chi connectivity index (χ1n) is 7.12. The van der Waals surface area contributed by atoms with Crippen molar-refractivity contribution in [2.75, 3.05) is 26.2 Å². The van der Waals surface area contributed by atoms with E-state index in [2.05, 4.69) is 10.0 Å². The van der Waals surface area contributed by atoms with E-state index in [1.54, 1.807) is 4.31 Å². The molecular formula is C12H25N3O2S. The lowest BCUT2D eigenvalue weighted by Crippen LogP contribution is -2.48. The Kier molecular flexibility index (Phi) is 5.00. The van der Waals surface area contributed by atoms with Crippen LogP contribution in [0.15, 0.2) is 0 Å². The summed E-state index contributed by atoms with van der Waals surface area (Å²) in [6.07, 6.45) is 5.07. The Labute approximate surface area is 110 Å². The first kappa shape index (κ1) is 14.2. The molecule has 0 aromatic heterocycles. The highest BCUT2D eigenvalue weighted by atomic mass is 32.2. The standard InChI is InChI=1S/C12H25N3O2S/c1-2-7-14-18(16,17)15-10-3-4-12(15)11-5-8-13-9-6-11/h11-14H,2-10H2,1H3. The highest BCUT2D eigenvalue weighted by molar-refractivity contribution is 7.87. The van der Waals surface area contributed by atoms with Gasteiger partial charge in [-0.15, -0.1) is 0 Å². The van der Waals surface area contributed by atoms with Crippen molar-refractivity contribution in [3.8, 4) is 0 Å². The average Bonchev–Trinajstić information content (AvgIpc) is 2.87. The van der Waals surface area contributed by atoms with Crippen LogP contribution >= 0.6 is 0 Å². The summed E-state index contributed by atoms with van der Waals surface area (Å²) in [6.45, 7) is 5.26. The van der Waals surface area contributed by atoms with Crippen LogP contribution in [0.5, 0.6) is 0 Å². The third-order valence-corrected chi connectivity index (χ3v) is 5.66. The molecule has 0 spiro atoms. The lowest BCUT2D eigenvalue weighted by molar-refractivity contribution is 0.233. The number of piperidine rings is 1. The first-order valence-corrected chi connectivity index (χ1v) is 8.56. The third kappa shape index (κ3) is 3.23. The molecule has 2 rings (SSSR count). The maximum absolute atomic E-state index is 12.2. The van der Waals surface area contributed by atoms with E-state index in [1.807, 2.05) is 6.92 Å². The molecule has 0 aromatic carbocycles. The van der Waals surface area contributed by atoms with Crippen LogP contribution in [0, 0.1) is 5.92 Å². The minimum absolute atomic E-state index is 0.224. The molecule has 2 N–H and O–H groups in total. The number of hydrogen-bond donors (Lipinski definition) is 2. The Morgan fingerprint density at radius 2 is 2.00 bits per heavy atom. The minimum Gasteiger partial charge on any atom is -0.317 e. The normalized spacial score (nSPS) is 27.7. The zero-order valence-corrected chi connectivity index (χ0v) is 12.0. The Bertz CT molecular complexity index is 352. The van der Waals surface area contributed by atoms with E-state index in [0.717, 1.165) is 45.2 Å². The fourth-order valence-electron chi connectivity index (χ4n) is 3.08. The van der Waals surface area contributed by atoms with Crippen molar-refractivity contribution in [1.82, 2.24) is 14.3 Å². The van der Waals surface area contributed by atoms with Crippen LogP contribution < -0.4 is 10.0 Å². The van der Waals surface area contributed by atoms with Gasteiger partial charge < -0.3 is 5.32 Å². The van der Waals surface area contributed by atoms with Crippen LogP contribution in [0.3, 0.4) is 0 Å². The molecule has 106 valence electrons. The fourth-order valence-corrected chi connectivity index (χ4v) is 4.71. The lowest BCUT2D eigenvalue weighted by atomic mass is 9.89. The minimum atomic E-state index is -3.26. The summed E-state index contributed by atoms with van der Waals surface area (Å²) < 4.78 is 28.9. The summed E-state index contributed by atoms with van der Waals surface area (Å²) >= 11 is 0. The van der Waals surface area contributed by atoms with Crippen LogP contribution in [0.25, 0.3) is 0 Å². The number of rotatable bonds is 5. The van der Waals surface area contributed by atoms with Gasteiger partial charge in [0.25, 0.3) is 10.2 Å². The van der Waals surface area contributed by atoms with E-state index in [9.17, 15) is 8.42 Å². The zero-order valence-electron chi connectivity index (χ0n) is 11.2. The molecule has 0 bridgehead atoms. The van der Waals surface area contributed by atoms with Gasteiger partial charge in [-0.3, -0.25) is 0 Å². The third-order valence-electron chi connectivity index (χ3n) is 4.02. The summed E-state index contributed by atoms with van der Waals surface area (Å²) in [5, 5.41) is 3.34. The zero-order chi connectivity index (χ0) is 13.0. The van der Waals surface area contributed by atoms with Gasteiger partial charge in [-0.2, -0.15) is 12.7 Å².